The summed E-state index contributed by atoms with van der Waals surface area (Å²) in [5.41, 5.74) is 4.17. The van der Waals surface area contributed by atoms with Gasteiger partial charge in [-0.05, 0) is 55.0 Å². The third kappa shape index (κ3) is 5.94. The van der Waals surface area contributed by atoms with Crippen LogP contribution in [0.3, 0.4) is 0 Å². The van der Waals surface area contributed by atoms with Crippen LogP contribution < -0.4 is 0 Å². The average molecular weight is 592 g/mol. The Balaban J connectivity index is 1.61. The van der Waals surface area contributed by atoms with E-state index in [2.05, 4.69) is 16.6 Å². The Morgan fingerprint density at radius 3 is 2.07 bits per heavy atom. The van der Waals surface area contributed by atoms with Crippen LogP contribution in [0.2, 0.25) is 0 Å². The molecule has 224 valence electrons. The van der Waals surface area contributed by atoms with Gasteiger partial charge in [0.05, 0.1) is 11.8 Å². The number of amides is 1. The molecule has 0 saturated carbocycles. The SMILES string of the molecule is CCn1c2ccc(C(=O)c3cccc4ccccc34)cc2c2cc(C(CC(C)N(OC(C)=O)C(C)=O)=NOC(C)=O)ccc21. The van der Waals surface area contributed by atoms with Crippen LogP contribution in [-0.2, 0) is 30.6 Å². The van der Waals surface area contributed by atoms with Crippen molar-refractivity contribution in [2.45, 2.75) is 53.6 Å². The minimum absolute atomic E-state index is 0.0713. The van der Waals surface area contributed by atoms with Gasteiger partial charge in [0.1, 0.15) is 0 Å². The standard InChI is InChI=1S/C35H33N3O6/c1-6-37-33-16-14-26(32(36-43-23(4)40)18-21(2)38(22(3)39)44-24(5)41)19-30(33)31-20-27(15-17-34(31)37)35(42)29-13-9-11-25-10-7-8-12-28(25)29/h7-17,19-21H,6,18H2,1-5H3. The number of fused-ring (bicyclic) bond motifs is 4. The minimum Gasteiger partial charge on any atom is -0.341 e. The van der Waals surface area contributed by atoms with Gasteiger partial charge >= 0.3 is 11.9 Å². The molecule has 0 aliphatic rings. The molecule has 0 N–H and O–H groups in total. The van der Waals surface area contributed by atoms with Crippen molar-refractivity contribution in [1.82, 2.24) is 9.63 Å². The third-order valence-electron chi connectivity index (χ3n) is 7.52. The second-order valence-electron chi connectivity index (χ2n) is 10.7. The summed E-state index contributed by atoms with van der Waals surface area (Å²) < 4.78 is 2.17. The highest BCUT2D eigenvalue weighted by atomic mass is 16.7. The van der Waals surface area contributed by atoms with Gasteiger partial charge in [-0.15, -0.1) is 0 Å². The van der Waals surface area contributed by atoms with Crippen LogP contribution in [-0.4, -0.2) is 45.0 Å². The van der Waals surface area contributed by atoms with Crippen LogP contribution in [0.4, 0.5) is 0 Å². The highest BCUT2D eigenvalue weighted by Gasteiger charge is 2.24. The van der Waals surface area contributed by atoms with Gasteiger partial charge in [0.2, 0.25) is 0 Å². The van der Waals surface area contributed by atoms with Crippen LogP contribution in [0, 0.1) is 0 Å². The lowest BCUT2D eigenvalue weighted by atomic mass is 9.96. The number of aryl methyl sites for hydroxylation is 1. The number of nitrogens with zero attached hydrogens (tertiary/aromatic N) is 3. The molecule has 0 fully saturated rings. The lowest BCUT2D eigenvalue weighted by Crippen LogP contribution is -2.39. The second kappa shape index (κ2) is 12.5. The fraction of sp³-hybridized carbons (Fsp3) is 0.229. The van der Waals surface area contributed by atoms with E-state index in [4.69, 9.17) is 9.68 Å². The van der Waals surface area contributed by atoms with E-state index < -0.39 is 23.9 Å². The molecular weight excluding hydrogens is 558 g/mol. The van der Waals surface area contributed by atoms with Gasteiger partial charge in [-0.1, -0.05) is 53.7 Å². The van der Waals surface area contributed by atoms with E-state index in [9.17, 15) is 19.2 Å². The first-order valence-corrected chi connectivity index (χ1v) is 14.4. The van der Waals surface area contributed by atoms with E-state index in [-0.39, 0.29) is 12.2 Å². The van der Waals surface area contributed by atoms with Crippen LogP contribution in [0.15, 0.2) is 84.0 Å². The summed E-state index contributed by atoms with van der Waals surface area (Å²) in [5, 5.41) is 8.76. The highest BCUT2D eigenvalue weighted by Crippen LogP contribution is 2.32. The Morgan fingerprint density at radius 2 is 1.43 bits per heavy atom. The monoisotopic (exact) mass is 591 g/mol. The first kappa shape index (κ1) is 30.2. The number of carbonyl (C=O) groups is 4. The average Bonchev–Trinajstić information content (AvgIpc) is 3.32. The zero-order chi connectivity index (χ0) is 31.5. The number of benzene rings is 4. The fourth-order valence-electron chi connectivity index (χ4n) is 5.64. The van der Waals surface area contributed by atoms with Crippen molar-refractivity contribution in [2.75, 3.05) is 0 Å². The molecule has 0 aliphatic carbocycles. The first-order valence-electron chi connectivity index (χ1n) is 14.4. The van der Waals surface area contributed by atoms with Crippen LogP contribution in [0.5, 0.6) is 0 Å². The number of ketones is 1. The molecule has 9 heteroatoms. The maximum atomic E-state index is 13.8. The van der Waals surface area contributed by atoms with Crippen LogP contribution in [0.25, 0.3) is 32.6 Å². The summed E-state index contributed by atoms with van der Waals surface area (Å²) in [5.74, 6) is -1.76. The van der Waals surface area contributed by atoms with Gasteiger partial charge in [-0.25, -0.2) is 4.79 Å². The zero-order valence-electron chi connectivity index (χ0n) is 25.3. The molecule has 0 aliphatic heterocycles. The number of hydroxylamine groups is 2. The van der Waals surface area contributed by atoms with Crippen molar-refractivity contribution in [3.8, 4) is 0 Å². The van der Waals surface area contributed by atoms with Crippen molar-refractivity contribution < 1.29 is 28.9 Å². The number of hydrogen-bond acceptors (Lipinski definition) is 7. The molecule has 1 atom stereocenters. The van der Waals surface area contributed by atoms with Gasteiger partial charge in [-0.3, -0.25) is 14.4 Å². The molecule has 5 rings (SSSR count). The van der Waals surface area contributed by atoms with Crippen LogP contribution >= 0.6 is 0 Å². The van der Waals surface area contributed by atoms with Crippen molar-refractivity contribution in [3.05, 3.63) is 95.6 Å². The van der Waals surface area contributed by atoms with Crippen LogP contribution in [0.1, 0.15) is 62.5 Å². The van der Waals surface area contributed by atoms with E-state index in [0.717, 1.165) is 37.6 Å². The predicted octanol–water partition coefficient (Wildman–Crippen LogP) is 6.57. The minimum atomic E-state index is -0.631. The molecule has 5 aromatic rings. The molecule has 1 heterocycles. The molecule has 44 heavy (non-hydrogen) atoms. The molecule has 1 aromatic heterocycles. The lowest BCUT2D eigenvalue weighted by molar-refractivity contribution is -0.202. The van der Waals surface area contributed by atoms with E-state index >= 15 is 0 Å². The number of hydrogen-bond donors (Lipinski definition) is 0. The van der Waals surface area contributed by atoms with Crippen molar-refractivity contribution in [2.24, 2.45) is 5.16 Å². The maximum Gasteiger partial charge on any atom is 0.331 e. The summed E-state index contributed by atoms with van der Waals surface area (Å²) in [7, 11) is 0. The maximum absolute atomic E-state index is 13.8. The van der Waals surface area contributed by atoms with E-state index in [0.29, 0.717) is 28.9 Å². The molecule has 1 amide bonds. The summed E-state index contributed by atoms with van der Waals surface area (Å²) in [6.45, 7) is 8.23. The zero-order valence-corrected chi connectivity index (χ0v) is 25.3. The molecule has 0 saturated heterocycles. The molecule has 4 aromatic carbocycles. The van der Waals surface area contributed by atoms with E-state index in [1.165, 1.54) is 20.8 Å². The second-order valence-corrected chi connectivity index (χ2v) is 10.7. The Hall–Kier alpha value is -5.31. The molecule has 9 nitrogen and oxygen atoms in total. The van der Waals surface area contributed by atoms with Crippen molar-refractivity contribution >= 4 is 61.9 Å². The third-order valence-corrected chi connectivity index (χ3v) is 7.52. The summed E-state index contributed by atoms with van der Waals surface area (Å²) in [4.78, 5) is 59.5. The Morgan fingerprint density at radius 1 is 0.795 bits per heavy atom. The van der Waals surface area contributed by atoms with Crippen molar-refractivity contribution in [1.29, 1.82) is 0 Å². The Labute approximate surface area is 254 Å². The Kier molecular flexibility index (Phi) is 8.57. The molecule has 0 radical (unpaired) electrons. The number of rotatable bonds is 8. The number of oxime groups is 1. The summed E-state index contributed by atoms with van der Waals surface area (Å²) in [6.07, 6.45) is 0.128. The summed E-state index contributed by atoms with van der Waals surface area (Å²) in [6, 6.07) is 24.5. The molecule has 0 bridgehead atoms. The molecular formula is C35H33N3O6. The first-order chi connectivity index (χ1) is 21.1. The van der Waals surface area contributed by atoms with Gasteiger partial charge in [0.25, 0.3) is 5.91 Å². The number of carbonyl (C=O) groups excluding carboxylic acids is 4. The van der Waals surface area contributed by atoms with E-state index in [1.807, 2.05) is 78.9 Å². The highest BCUT2D eigenvalue weighted by molar-refractivity contribution is 6.19. The van der Waals surface area contributed by atoms with Gasteiger partial charge in [0, 0.05) is 72.2 Å². The normalized spacial score (nSPS) is 12.3. The van der Waals surface area contributed by atoms with Crippen molar-refractivity contribution in [3.63, 3.8) is 0 Å². The topological polar surface area (TPSA) is 107 Å². The Bertz CT molecular complexity index is 1970. The fourth-order valence-corrected chi connectivity index (χ4v) is 5.64. The number of aromatic nitrogens is 1. The van der Waals surface area contributed by atoms with E-state index in [1.54, 1.807) is 6.92 Å². The van der Waals surface area contributed by atoms with Gasteiger partial charge in [-0.2, -0.15) is 5.06 Å². The smallest absolute Gasteiger partial charge is 0.331 e. The quantitative estimate of drug-likeness (QED) is 0.0874. The van der Waals surface area contributed by atoms with Gasteiger partial charge < -0.3 is 14.2 Å². The summed E-state index contributed by atoms with van der Waals surface area (Å²) >= 11 is 0. The van der Waals surface area contributed by atoms with Gasteiger partial charge in [0.15, 0.2) is 5.78 Å². The predicted molar refractivity (Wildman–Crippen MR) is 169 cm³/mol. The molecule has 1 unspecified atom stereocenters. The lowest BCUT2D eigenvalue weighted by Gasteiger charge is -2.26. The largest absolute Gasteiger partial charge is 0.341 e. The molecule has 0 spiro atoms.